The summed E-state index contributed by atoms with van der Waals surface area (Å²) >= 11 is 0. The molecule has 0 radical (unpaired) electrons. The van der Waals surface area contributed by atoms with Gasteiger partial charge in [0.1, 0.15) is 0 Å². The molecule has 1 amide bonds. The second kappa shape index (κ2) is 5.86. The minimum atomic E-state index is -0.373. The molecule has 4 heteroatoms. The van der Waals surface area contributed by atoms with Crippen molar-refractivity contribution in [2.45, 2.75) is 51.5 Å². The number of amides is 1. The van der Waals surface area contributed by atoms with E-state index in [1.807, 2.05) is 6.92 Å². The molecule has 0 aromatic carbocycles. The van der Waals surface area contributed by atoms with E-state index in [0.29, 0.717) is 13.0 Å². The molecule has 1 aliphatic carbocycles. The molecule has 3 N–H and O–H groups in total. The molecular weight excluding hydrogens is 202 g/mol. The first-order chi connectivity index (χ1) is 7.64. The van der Waals surface area contributed by atoms with Gasteiger partial charge in [0.2, 0.25) is 5.91 Å². The highest BCUT2D eigenvalue weighted by Gasteiger charge is 2.38. The van der Waals surface area contributed by atoms with Gasteiger partial charge in [-0.15, -0.1) is 0 Å². The zero-order chi connectivity index (χ0) is 12.0. The van der Waals surface area contributed by atoms with Gasteiger partial charge < -0.3 is 11.1 Å². The van der Waals surface area contributed by atoms with Crippen molar-refractivity contribution < 1.29 is 4.79 Å². The van der Waals surface area contributed by atoms with Crippen molar-refractivity contribution in [3.63, 3.8) is 0 Å². The molecule has 0 aromatic rings. The van der Waals surface area contributed by atoms with E-state index in [0.717, 1.165) is 25.7 Å². The van der Waals surface area contributed by atoms with Crippen molar-refractivity contribution in [1.29, 1.82) is 5.26 Å². The normalized spacial score (nSPS) is 20.8. The van der Waals surface area contributed by atoms with Crippen molar-refractivity contribution in [3.8, 4) is 6.07 Å². The number of nitrogens with zero attached hydrogens (tertiary/aromatic N) is 1. The third-order valence-electron chi connectivity index (χ3n) is 3.46. The lowest BCUT2D eigenvalue weighted by molar-refractivity contribution is -0.133. The zero-order valence-electron chi connectivity index (χ0n) is 9.96. The van der Waals surface area contributed by atoms with Crippen LogP contribution in [0.3, 0.4) is 0 Å². The second-order valence-electron chi connectivity index (χ2n) is 4.78. The van der Waals surface area contributed by atoms with Crippen molar-refractivity contribution in [1.82, 2.24) is 5.32 Å². The van der Waals surface area contributed by atoms with Gasteiger partial charge in [0, 0.05) is 12.6 Å². The van der Waals surface area contributed by atoms with Crippen LogP contribution in [0.25, 0.3) is 0 Å². The summed E-state index contributed by atoms with van der Waals surface area (Å²) in [6.45, 7) is 2.27. The van der Waals surface area contributed by atoms with Gasteiger partial charge in [-0.3, -0.25) is 4.79 Å². The summed E-state index contributed by atoms with van der Waals surface area (Å²) in [6.07, 6.45) is 5.48. The molecule has 1 rings (SSSR count). The van der Waals surface area contributed by atoms with Crippen molar-refractivity contribution in [3.05, 3.63) is 0 Å². The van der Waals surface area contributed by atoms with Crippen LogP contribution in [0.15, 0.2) is 0 Å². The molecule has 0 heterocycles. The summed E-state index contributed by atoms with van der Waals surface area (Å²) in [6, 6.07) is 1.98. The summed E-state index contributed by atoms with van der Waals surface area (Å²) in [5.41, 5.74) is 5.39. The number of carbonyl (C=O) groups is 1. The SMILES string of the molecule is CC(CC#N)NC(=O)C1(CN)CCCCC1. The molecular formula is C12H21N3O. The second-order valence-corrected chi connectivity index (χ2v) is 4.78. The lowest BCUT2D eigenvalue weighted by Gasteiger charge is -2.35. The Kier molecular flexibility index (Phi) is 4.75. The summed E-state index contributed by atoms with van der Waals surface area (Å²) in [5.74, 6) is 0.0393. The van der Waals surface area contributed by atoms with Gasteiger partial charge in [-0.05, 0) is 19.8 Å². The Labute approximate surface area is 97.2 Å². The minimum Gasteiger partial charge on any atom is -0.352 e. The number of rotatable bonds is 4. The van der Waals surface area contributed by atoms with E-state index in [9.17, 15) is 4.79 Å². The Morgan fingerprint density at radius 2 is 2.12 bits per heavy atom. The quantitative estimate of drug-likeness (QED) is 0.754. The van der Waals surface area contributed by atoms with Gasteiger partial charge in [-0.25, -0.2) is 0 Å². The maximum atomic E-state index is 12.1. The zero-order valence-corrected chi connectivity index (χ0v) is 9.96. The average Bonchev–Trinajstić information content (AvgIpc) is 2.30. The van der Waals surface area contributed by atoms with Crippen LogP contribution in [0.1, 0.15) is 45.4 Å². The number of hydrogen-bond acceptors (Lipinski definition) is 3. The predicted octanol–water partition coefficient (Wildman–Crippen LogP) is 1.31. The first kappa shape index (κ1) is 13.0. The lowest BCUT2D eigenvalue weighted by Crippen LogP contribution is -2.49. The van der Waals surface area contributed by atoms with Gasteiger partial charge in [0.25, 0.3) is 0 Å². The summed E-state index contributed by atoms with van der Waals surface area (Å²) in [4.78, 5) is 12.1. The van der Waals surface area contributed by atoms with E-state index in [1.54, 1.807) is 0 Å². The first-order valence-electron chi connectivity index (χ1n) is 6.02. The molecule has 0 aliphatic heterocycles. The molecule has 0 spiro atoms. The predicted molar refractivity (Wildman–Crippen MR) is 62.4 cm³/mol. The van der Waals surface area contributed by atoms with Gasteiger partial charge in [-0.2, -0.15) is 5.26 Å². The highest BCUT2D eigenvalue weighted by atomic mass is 16.2. The number of carbonyl (C=O) groups excluding carboxylic acids is 1. The molecule has 1 aliphatic rings. The molecule has 1 unspecified atom stereocenters. The van der Waals surface area contributed by atoms with Crippen molar-refractivity contribution in [2.75, 3.05) is 6.54 Å². The molecule has 90 valence electrons. The van der Waals surface area contributed by atoms with Crippen LogP contribution in [0, 0.1) is 16.7 Å². The molecule has 1 atom stereocenters. The molecule has 0 bridgehead atoms. The third kappa shape index (κ3) is 2.96. The first-order valence-corrected chi connectivity index (χ1v) is 6.02. The van der Waals surface area contributed by atoms with Gasteiger partial charge in [-0.1, -0.05) is 19.3 Å². The summed E-state index contributed by atoms with van der Waals surface area (Å²) in [7, 11) is 0. The number of nitrogens with one attached hydrogen (secondary N) is 1. The topological polar surface area (TPSA) is 78.9 Å². The van der Waals surface area contributed by atoms with Crippen LogP contribution in [0.2, 0.25) is 0 Å². The Morgan fingerprint density at radius 3 is 2.62 bits per heavy atom. The van der Waals surface area contributed by atoms with Crippen LogP contribution in [-0.4, -0.2) is 18.5 Å². The highest BCUT2D eigenvalue weighted by Crippen LogP contribution is 2.35. The number of nitriles is 1. The standard InChI is InChI=1S/C12H21N3O/c1-10(5-8-13)15-11(16)12(9-14)6-3-2-4-7-12/h10H,2-7,9,14H2,1H3,(H,15,16). The molecule has 1 fully saturated rings. The van der Waals surface area contributed by atoms with E-state index >= 15 is 0 Å². The monoisotopic (exact) mass is 223 g/mol. The van der Waals surface area contributed by atoms with E-state index in [4.69, 9.17) is 11.0 Å². The average molecular weight is 223 g/mol. The Balaban J connectivity index is 2.58. The van der Waals surface area contributed by atoms with Gasteiger partial charge >= 0.3 is 0 Å². The number of hydrogen-bond donors (Lipinski definition) is 2. The molecule has 4 nitrogen and oxygen atoms in total. The van der Waals surface area contributed by atoms with E-state index < -0.39 is 0 Å². The van der Waals surface area contributed by atoms with Crippen LogP contribution in [-0.2, 0) is 4.79 Å². The largest absolute Gasteiger partial charge is 0.352 e. The van der Waals surface area contributed by atoms with Crippen molar-refractivity contribution >= 4 is 5.91 Å². The van der Waals surface area contributed by atoms with E-state index in [1.165, 1.54) is 6.42 Å². The molecule has 0 saturated heterocycles. The fraction of sp³-hybridized carbons (Fsp3) is 0.833. The summed E-state index contributed by atoms with van der Waals surface area (Å²) < 4.78 is 0. The van der Waals surface area contributed by atoms with Crippen LogP contribution < -0.4 is 11.1 Å². The lowest BCUT2D eigenvalue weighted by atomic mass is 9.73. The third-order valence-corrected chi connectivity index (χ3v) is 3.46. The van der Waals surface area contributed by atoms with Crippen LogP contribution in [0.4, 0.5) is 0 Å². The van der Waals surface area contributed by atoms with Crippen LogP contribution >= 0.6 is 0 Å². The molecule has 1 saturated carbocycles. The van der Waals surface area contributed by atoms with E-state index in [-0.39, 0.29) is 17.4 Å². The summed E-state index contributed by atoms with van der Waals surface area (Å²) in [5, 5.41) is 11.5. The smallest absolute Gasteiger partial charge is 0.227 e. The Hall–Kier alpha value is -1.08. The maximum Gasteiger partial charge on any atom is 0.227 e. The van der Waals surface area contributed by atoms with Crippen molar-refractivity contribution in [2.24, 2.45) is 11.1 Å². The fourth-order valence-electron chi connectivity index (χ4n) is 2.32. The van der Waals surface area contributed by atoms with Gasteiger partial charge in [0.15, 0.2) is 0 Å². The fourth-order valence-corrected chi connectivity index (χ4v) is 2.32. The molecule has 16 heavy (non-hydrogen) atoms. The Morgan fingerprint density at radius 1 is 1.50 bits per heavy atom. The molecule has 0 aromatic heterocycles. The number of nitrogens with two attached hydrogens (primary N) is 1. The van der Waals surface area contributed by atoms with Gasteiger partial charge in [0.05, 0.1) is 17.9 Å². The maximum absolute atomic E-state index is 12.1. The Bertz CT molecular complexity index is 276. The minimum absolute atomic E-state index is 0.0393. The van der Waals surface area contributed by atoms with E-state index in [2.05, 4.69) is 11.4 Å². The van der Waals surface area contributed by atoms with Crippen LogP contribution in [0.5, 0.6) is 0 Å². The highest BCUT2D eigenvalue weighted by molar-refractivity contribution is 5.83.